The highest BCUT2D eigenvalue weighted by atomic mass is 35.5. The maximum absolute atomic E-state index is 12.5. The van der Waals surface area contributed by atoms with Crippen LogP contribution in [0.2, 0.25) is 5.02 Å². The Bertz CT molecular complexity index is 481. The van der Waals surface area contributed by atoms with Gasteiger partial charge in [0.1, 0.15) is 5.75 Å². The van der Waals surface area contributed by atoms with Crippen LogP contribution in [0.3, 0.4) is 0 Å². The Labute approximate surface area is 113 Å². The van der Waals surface area contributed by atoms with Crippen LogP contribution in [-0.4, -0.2) is 19.4 Å². The fourth-order valence-corrected chi connectivity index (χ4v) is 1.95. The molecule has 0 fully saturated rings. The minimum Gasteiger partial charge on any atom is -0.496 e. The monoisotopic (exact) mass is 269 g/mol. The smallest absolute Gasteiger partial charge is 0.173 e. The van der Waals surface area contributed by atoms with Gasteiger partial charge in [0, 0.05) is 17.0 Å². The molecular formula is C14H20ClNO2. The topological polar surface area (TPSA) is 52.3 Å². The lowest BCUT2D eigenvalue weighted by molar-refractivity contribution is 0.0843. The molecule has 0 amide bonds. The number of carbonyl (C=O) groups is 1. The summed E-state index contributed by atoms with van der Waals surface area (Å²) in [5, 5.41) is 0.604. The molecule has 1 aromatic rings. The minimum absolute atomic E-state index is 0.0405. The summed E-state index contributed by atoms with van der Waals surface area (Å²) in [5.74, 6) is 0.516. The number of carbonyl (C=O) groups excluding carboxylic acids is 1. The van der Waals surface area contributed by atoms with E-state index in [1.807, 2.05) is 27.7 Å². The summed E-state index contributed by atoms with van der Waals surface area (Å²) in [7, 11) is 1.55. The van der Waals surface area contributed by atoms with Crippen LogP contribution in [0, 0.1) is 19.3 Å². The lowest BCUT2D eigenvalue weighted by Gasteiger charge is -2.24. The van der Waals surface area contributed by atoms with Crippen LogP contribution >= 0.6 is 11.6 Å². The number of benzene rings is 1. The maximum atomic E-state index is 12.5. The molecule has 0 saturated carbocycles. The largest absolute Gasteiger partial charge is 0.496 e. The molecule has 0 aliphatic heterocycles. The SMILES string of the molecule is COc1cc(C)c(Cl)c(C)c1C(=O)C(C)(C)CN. The zero-order valence-electron chi connectivity index (χ0n) is 11.6. The highest BCUT2D eigenvalue weighted by Gasteiger charge is 2.31. The van der Waals surface area contributed by atoms with Crippen molar-refractivity contribution in [1.82, 2.24) is 0 Å². The van der Waals surface area contributed by atoms with E-state index in [9.17, 15) is 4.79 Å². The number of ketones is 1. The van der Waals surface area contributed by atoms with Gasteiger partial charge in [-0.05, 0) is 31.0 Å². The van der Waals surface area contributed by atoms with Crippen molar-refractivity contribution in [3.8, 4) is 5.75 Å². The quantitative estimate of drug-likeness (QED) is 0.855. The zero-order valence-corrected chi connectivity index (χ0v) is 12.3. The molecule has 0 bridgehead atoms. The Morgan fingerprint density at radius 2 is 2.00 bits per heavy atom. The van der Waals surface area contributed by atoms with E-state index in [-0.39, 0.29) is 12.3 Å². The van der Waals surface area contributed by atoms with Crippen molar-refractivity contribution in [2.45, 2.75) is 27.7 Å². The van der Waals surface area contributed by atoms with E-state index < -0.39 is 5.41 Å². The van der Waals surface area contributed by atoms with Crippen LogP contribution in [0.1, 0.15) is 35.3 Å². The highest BCUT2D eigenvalue weighted by molar-refractivity contribution is 6.32. The summed E-state index contributed by atoms with van der Waals surface area (Å²) >= 11 is 6.21. The number of methoxy groups -OCH3 is 1. The molecule has 2 N–H and O–H groups in total. The van der Waals surface area contributed by atoms with E-state index in [4.69, 9.17) is 22.1 Å². The number of ether oxygens (including phenoxy) is 1. The summed E-state index contributed by atoms with van der Waals surface area (Å²) in [6.07, 6.45) is 0. The standard InChI is InChI=1S/C14H20ClNO2/c1-8-6-10(18-5)11(9(2)12(8)15)13(17)14(3,4)7-16/h6H,7,16H2,1-5H3. The lowest BCUT2D eigenvalue weighted by Crippen LogP contribution is -2.33. The molecule has 4 heteroatoms. The van der Waals surface area contributed by atoms with Crippen LogP contribution in [0.15, 0.2) is 6.07 Å². The first kappa shape index (κ1) is 15.0. The number of hydrogen-bond donors (Lipinski definition) is 1. The third kappa shape index (κ3) is 2.52. The van der Waals surface area contributed by atoms with Gasteiger partial charge >= 0.3 is 0 Å². The van der Waals surface area contributed by atoms with Gasteiger partial charge in [-0.1, -0.05) is 25.4 Å². The molecule has 0 aliphatic rings. The summed E-state index contributed by atoms with van der Waals surface area (Å²) in [6, 6.07) is 1.79. The summed E-state index contributed by atoms with van der Waals surface area (Å²) in [5.41, 5.74) is 7.21. The number of rotatable bonds is 4. The number of hydrogen-bond acceptors (Lipinski definition) is 3. The molecule has 3 nitrogen and oxygen atoms in total. The first-order valence-corrected chi connectivity index (χ1v) is 6.22. The Hall–Kier alpha value is -1.06. The van der Waals surface area contributed by atoms with Crippen molar-refractivity contribution in [1.29, 1.82) is 0 Å². The Balaban J connectivity index is 3.49. The average molecular weight is 270 g/mol. The molecule has 0 spiro atoms. The molecule has 0 unspecified atom stereocenters. The molecule has 100 valence electrons. The first-order valence-electron chi connectivity index (χ1n) is 5.84. The molecule has 0 aromatic heterocycles. The van der Waals surface area contributed by atoms with E-state index in [0.717, 1.165) is 11.1 Å². The first-order chi connectivity index (χ1) is 8.26. The fraction of sp³-hybridized carbons (Fsp3) is 0.500. The molecule has 18 heavy (non-hydrogen) atoms. The Morgan fingerprint density at radius 3 is 2.44 bits per heavy atom. The number of Topliss-reactive ketones (excluding diaryl/α,β-unsaturated/α-hetero) is 1. The molecule has 1 aromatic carbocycles. The average Bonchev–Trinajstić information content (AvgIpc) is 2.34. The van der Waals surface area contributed by atoms with Gasteiger partial charge in [0.15, 0.2) is 5.78 Å². The second kappa shape index (κ2) is 5.29. The summed E-state index contributed by atoms with van der Waals surface area (Å²) in [6.45, 7) is 7.64. The van der Waals surface area contributed by atoms with Gasteiger partial charge < -0.3 is 10.5 Å². The van der Waals surface area contributed by atoms with Crippen molar-refractivity contribution in [3.63, 3.8) is 0 Å². The van der Waals surface area contributed by atoms with Crippen molar-refractivity contribution < 1.29 is 9.53 Å². The third-order valence-corrected chi connectivity index (χ3v) is 3.80. The van der Waals surface area contributed by atoms with Crippen molar-refractivity contribution in [3.05, 3.63) is 27.8 Å². The minimum atomic E-state index is -0.628. The van der Waals surface area contributed by atoms with Crippen molar-refractivity contribution >= 4 is 17.4 Å². The summed E-state index contributed by atoms with van der Waals surface area (Å²) < 4.78 is 5.30. The zero-order chi connectivity index (χ0) is 14.1. The van der Waals surface area contributed by atoms with Gasteiger partial charge in [-0.2, -0.15) is 0 Å². The molecule has 0 aliphatic carbocycles. The molecule has 0 atom stereocenters. The van der Waals surface area contributed by atoms with Crippen LogP contribution in [0.4, 0.5) is 0 Å². The van der Waals surface area contributed by atoms with Crippen molar-refractivity contribution in [2.24, 2.45) is 11.1 Å². The van der Waals surface area contributed by atoms with Crippen LogP contribution in [-0.2, 0) is 0 Å². The van der Waals surface area contributed by atoms with Gasteiger partial charge in [-0.3, -0.25) is 4.79 Å². The van der Waals surface area contributed by atoms with Crippen molar-refractivity contribution in [2.75, 3.05) is 13.7 Å². The van der Waals surface area contributed by atoms with E-state index in [0.29, 0.717) is 16.3 Å². The number of aryl methyl sites for hydroxylation is 1. The molecule has 0 radical (unpaired) electrons. The van der Waals surface area contributed by atoms with Gasteiger partial charge in [-0.25, -0.2) is 0 Å². The Kier molecular flexibility index (Phi) is 4.41. The second-order valence-corrected chi connectivity index (χ2v) is 5.50. The van der Waals surface area contributed by atoms with Crippen LogP contribution in [0.5, 0.6) is 5.75 Å². The van der Waals surface area contributed by atoms with Gasteiger partial charge in [0.05, 0.1) is 12.7 Å². The lowest BCUT2D eigenvalue weighted by atomic mass is 9.82. The van der Waals surface area contributed by atoms with Gasteiger partial charge in [0.25, 0.3) is 0 Å². The second-order valence-electron chi connectivity index (χ2n) is 5.13. The van der Waals surface area contributed by atoms with E-state index in [1.165, 1.54) is 0 Å². The predicted molar refractivity (Wildman–Crippen MR) is 74.6 cm³/mol. The van der Waals surface area contributed by atoms with Gasteiger partial charge in [-0.15, -0.1) is 0 Å². The van der Waals surface area contributed by atoms with Crippen LogP contribution < -0.4 is 10.5 Å². The number of halogens is 1. The van der Waals surface area contributed by atoms with E-state index >= 15 is 0 Å². The molecule has 0 saturated heterocycles. The molecular weight excluding hydrogens is 250 g/mol. The third-order valence-electron chi connectivity index (χ3n) is 3.22. The summed E-state index contributed by atoms with van der Waals surface area (Å²) in [4.78, 5) is 12.5. The van der Waals surface area contributed by atoms with Crippen LogP contribution in [0.25, 0.3) is 0 Å². The predicted octanol–water partition coefficient (Wildman–Crippen LogP) is 3.13. The Morgan fingerprint density at radius 1 is 1.44 bits per heavy atom. The normalized spacial score (nSPS) is 11.5. The highest BCUT2D eigenvalue weighted by Crippen LogP contribution is 2.35. The van der Waals surface area contributed by atoms with Gasteiger partial charge in [0.2, 0.25) is 0 Å². The van der Waals surface area contributed by atoms with E-state index in [1.54, 1.807) is 13.2 Å². The number of nitrogens with two attached hydrogens (primary N) is 1. The molecule has 1 rings (SSSR count). The fourth-order valence-electron chi connectivity index (χ4n) is 1.80. The molecule has 0 heterocycles. The maximum Gasteiger partial charge on any atom is 0.173 e. The van der Waals surface area contributed by atoms with E-state index in [2.05, 4.69) is 0 Å².